The normalized spacial score (nSPS) is 20.7. The minimum Gasteiger partial charge on any atom is -0.370 e. The first-order chi connectivity index (χ1) is 10.8. The van der Waals surface area contributed by atoms with Gasteiger partial charge in [-0.15, -0.1) is 0 Å². The molecule has 0 bridgehead atoms. The van der Waals surface area contributed by atoms with E-state index in [1.54, 1.807) is 12.1 Å². The van der Waals surface area contributed by atoms with Gasteiger partial charge in [0, 0.05) is 31.0 Å². The van der Waals surface area contributed by atoms with E-state index in [0.29, 0.717) is 10.8 Å². The molecule has 1 heterocycles. The zero-order valence-corrected chi connectivity index (χ0v) is 14.7. The zero-order valence-electron chi connectivity index (χ0n) is 13.9. The zero-order chi connectivity index (χ0) is 16.7. The SMILES string of the molecule is CC1(C)CN(c2ccc(S(C)(=O)=O)cc2)CC1c1ccccc1. The van der Waals surface area contributed by atoms with Gasteiger partial charge in [-0.1, -0.05) is 44.2 Å². The molecule has 2 aromatic carbocycles. The monoisotopic (exact) mass is 329 g/mol. The van der Waals surface area contributed by atoms with Gasteiger partial charge in [-0.2, -0.15) is 0 Å². The molecule has 1 aliphatic heterocycles. The molecule has 0 amide bonds. The first kappa shape index (κ1) is 16.1. The first-order valence-corrected chi connectivity index (χ1v) is 9.76. The number of anilines is 1. The Morgan fingerprint density at radius 1 is 1.00 bits per heavy atom. The summed E-state index contributed by atoms with van der Waals surface area (Å²) in [6.07, 6.45) is 1.24. The van der Waals surface area contributed by atoms with Crippen LogP contribution in [-0.4, -0.2) is 27.8 Å². The number of sulfone groups is 1. The van der Waals surface area contributed by atoms with Crippen molar-refractivity contribution in [1.29, 1.82) is 0 Å². The second-order valence-electron chi connectivity index (χ2n) is 7.10. The van der Waals surface area contributed by atoms with Crippen molar-refractivity contribution < 1.29 is 8.42 Å². The van der Waals surface area contributed by atoms with Gasteiger partial charge in [0.05, 0.1) is 4.90 Å². The summed E-state index contributed by atoms with van der Waals surface area (Å²) in [5.74, 6) is 0.471. The molecule has 0 saturated carbocycles. The van der Waals surface area contributed by atoms with E-state index in [1.807, 2.05) is 18.2 Å². The third-order valence-corrected chi connectivity index (χ3v) is 5.91. The molecule has 0 spiro atoms. The van der Waals surface area contributed by atoms with Crippen LogP contribution >= 0.6 is 0 Å². The maximum atomic E-state index is 11.6. The Bertz CT molecular complexity index is 780. The van der Waals surface area contributed by atoms with E-state index in [-0.39, 0.29) is 5.41 Å². The summed E-state index contributed by atoms with van der Waals surface area (Å²) < 4.78 is 23.2. The Labute approximate surface area is 138 Å². The molecule has 1 atom stereocenters. The number of nitrogens with zero attached hydrogens (tertiary/aromatic N) is 1. The van der Waals surface area contributed by atoms with Crippen LogP contribution in [0.15, 0.2) is 59.5 Å². The lowest BCUT2D eigenvalue weighted by Crippen LogP contribution is -2.23. The molecule has 1 saturated heterocycles. The molecule has 0 N–H and O–H groups in total. The Morgan fingerprint density at radius 3 is 2.17 bits per heavy atom. The lowest BCUT2D eigenvalue weighted by atomic mass is 9.78. The van der Waals surface area contributed by atoms with E-state index in [9.17, 15) is 8.42 Å². The van der Waals surface area contributed by atoms with Crippen molar-refractivity contribution >= 4 is 15.5 Å². The molecular weight excluding hydrogens is 306 g/mol. The predicted octanol–water partition coefficient (Wildman–Crippen LogP) is 3.72. The van der Waals surface area contributed by atoms with Gasteiger partial charge in [0.2, 0.25) is 0 Å². The number of hydrogen-bond acceptors (Lipinski definition) is 3. The average Bonchev–Trinajstić information content (AvgIpc) is 2.83. The van der Waals surface area contributed by atoms with Crippen molar-refractivity contribution in [3.05, 3.63) is 60.2 Å². The number of hydrogen-bond donors (Lipinski definition) is 0. The fraction of sp³-hybridized carbons (Fsp3) is 0.368. The second-order valence-corrected chi connectivity index (χ2v) is 9.11. The Morgan fingerprint density at radius 2 is 1.61 bits per heavy atom. The minimum absolute atomic E-state index is 0.177. The smallest absolute Gasteiger partial charge is 0.175 e. The van der Waals surface area contributed by atoms with Crippen LogP contribution in [-0.2, 0) is 9.84 Å². The molecule has 2 aromatic rings. The van der Waals surface area contributed by atoms with Crippen LogP contribution in [0, 0.1) is 5.41 Å². The van der Waals surface area contributed by atoms with Crippen LogP contribution in [0.25, 0.3) is 0 Å². The summed E-state index contributed by atoms with van der Waals surface area (Å²) in [6.45, 7) is 6.52. The highest BCUT2D eigenvalue weighted by molar-refractivity contribution is 7.90. The molecular formula is C19H23NO2S. The molecule has 23 heavy (non-hydrogen) atoms. The fourth-order valence-electron chi connectivity index (χ4n) is 3.48. The van der Waals surface area contributed by atoms with E-state index in [2.05, 4.69) is 43.0 Å². The Hall–Kier alpha value is -1.81. The fourth-order valence-corrected chi connectivity index (χ4v) is 4.11. The van der Waals surface area contributed by atoms with Crippen molar-refractivity contribution in [2.45, 2.75) is 24.7 Å². The maximum absolute atomic E-state index is 11.6. The van der Waals surface area contributed by atoms with E-state index in [0.717, 1.165) is 18.8 Å². The molecule has 0 aliphatic carbocycles. The molecule has 1 fully saturated rings. The molecule has 4 heteroatoms. The van der Waals surface area contributed by atoms with Crippen molar-refractivity contribution in [2.24, 2.45) is 5.41 Å². The molecule has 1 aliphatic rings. The molecule has 3 nitrogen and oxygen atoms in total. The van der Waals surface area contributed by atoms with Crippen molar-refractivity contribution in [1.82, 2.24) is 0 Å². The second kappa shape index (κ2) is 5.68. The summed E-state index contributed by atoms with van der Waals surface area (Å²) in [5, 5.41) is 0. The van der Waals surface area contributed by atoms with Crippen molar-refractivity contribution in [3.63, 3.8) is 0 Å². The minimum atomic E-state index is -3.14. The molecule has 0 radical (unpaired) electrons. The van der Waals surface area contributed by atoms with Gasteiger partial charge in [0.1, 0.15) is 0 Å². The van der Waals surface area contributed by atoms with Crippen LogP contribution < -0.4 is 4.90 Å². The van der Waals surface area contributed by atoms with Crippen LogP contribution in [0.2, 0.25) is 0 Å². The van der Waals surface area contributed by atoms with E-state index < -0.39 is 9.84 Å². The van der Waals surface area contributed by atoms with E-state index in [1.165, 1.54) is 11.8 Å². The Kier molecular flexibility index (Phi) is 3.96. The van der Waals surface area contributed by atoms with Gasteiger partial charge in [0.25, 0.3) is 0 Å². The van der Waals surface area contributed by atoms with E-state index in [4.69, 9.17) is 0 Å². The topological polar surface area (TPSA) is 37.4 Å². The van der Waals surface area contributed by atoms with E-state index >= 15 is 0 Å². The van der Waals surface area contributed by atoms with Gasteiger partial charge in [-0.3, -0.25) is 0 Å². The highest BCUT2D eigenvalue weighted by Gasteiger charge is 2.40. The van der Waals surface area contributed by atoms with Gasteiger partial charge >= 0.3 is 0 Å². The lowest BCUT2D eigenvalue weighted by Gasteiger charge is -2.25. The number of benzene rings is 2. The Balaban J connectivity index is 1.86. The summed E-state index contributed by atoms with van der Waals surface area (Å²) in [4.78, 5) is 2.73. The third-order valence-electron chi connectivity index (χ3n) is 4.78. The first-order valence-electron chi connectivity index (χ1n) is 7.87. The summed E-state index contributed by atoms with van der Waals surface area (Å²) in [6, 6.07) is 17.9. The number of rotatable bonds is 3. The maximum Gasteiger partial charge on any atom is 0.175 e. The van der Waals surface area contributed by atoms with Gasteiger partial charge in [0.15, 0.2) is 9.84 Å². The molecule has 122 valence electrons. The lowest BCUT2D eigenvalue weighted by molar-refractivity contribution is 0.365. The van der Waals surface area contributed by atoms with Crippen LogP contribution in [0.4, 0.5) is 5.69 Å². The van der Waals surface area contributed by atoms with Gasteiger partial charge in [-0.25, -0.2) is 8.42 Å². The standard InChI is InChI=1S/C19H23NO2S/c1-19(2)14-20(13-18(19)15-7-5-4-6-8-15)16-9-11-17(12-10-16)23(3,21)22/h4-12,18H,13-14H2,1-3H3. The highest BCUT2D eigenvalue weighted by atomic mass is 32.2. The molecule has 3 rings (SSSR count). The predicted molar refractivity (Wildman–Crippen MR) is 94.7 cm³/mol. The summed E-state index contributed by atoms with van der Waals surface area (Å²) in [7, 11) is -3.14. The summed E-state index contributed by atoms with van der Waals surface area (Å²) in [5.41, 5.74) is 2.63. The highest BCUT2D eigenvalue weighted by Crippen LogP contribution is 2.43. The molecule has 0 aromatic heterocycles. The van der Waals surface area contributed by atoms with Crippen molar-refractivity contribution in [3.8, 4) is 0 Å². The molecule has 1 unspecified atom stereocenters. The van der Waals surface area contributed by atoms with Crippen LogP contribution in [0.5, 0.6) is 0 Å². The van der Waals surface area contributed by atoms with Crippen molar-refractivity contribution in [2.75, 3.05) is 24.2 Å². The summed E-state index contributed by atoms with van der Waals surface area (Å²) >= 11 is 0. The quantitative estimate of drug-likeness (QED) is 0.861. The van der Waals surface area contributed by atoms with Gasteiger partial charge in [-0.05, 0) is 35.2 Å². The van der Waals surface area contributed by atoms with Crippen LogP contribution in [0.3, 0.4) is 0 Å². The largest absolute Gasteiger partial charge is 0.370 e. The third kappa shape index (κ3) is 3.27. The van der Waals surface area contributed by atoms with Gasteiger partial charge < -0.3 is 4.90 Å². The average molecular weight is 329 g/mol. The van der Waals surface area contributed by atoms with Crippen LogP contribution in [0.1, 0.15) is 25.3 Å².